The zero-order valence-electron chi connectivity index (χ0n) is 21.2. The Kier molecular flexibility index (Phi) is 8.31. The number of rotatable bonds is 7. The average Bonchev–Trinajstić information content (AvgIpc) is 2.93. The lowest BCUT2D eigenvalue weighted by molar-refractivity contribution is 0.0935. The molecule has 1 atom stereocenters. The fraction of sp³-hybridized carbons (Fsp3) is 0.250. The number of pyridine rings is 1. The van der Waals surface area contributed by atoms with Crippen molar-refractivity contribution in [2.45, 2.75) is 38.8 Å². The number of nitrogens with zero attached hydrogens (tertiary/aromatic N) is 2. The van der Waals surface area contributed by atoms with Crippen molar-refractivity contribution in [1.29, 1.82) is 0 Å². The molecule has 1 aliphatic rings. The van der Waals surface area contributed by atoms with E-state index in [0.717, 1.165) is 55.5 Å². The van der Waals surface area contributed by atoms with Crippen LogP contribution < -0.4 is 5.32 Å². The van der Waals surface area contributed by atoms with E-state index in [0.29, 0.717) is 5.56 Å². The third kappa shape index (κ3) is 6.65. The Morgan fingerprint density at radius 3 is 2.51 bits per heavy atom. The molecule has 0 bridgehead atoms. The summed E-state index contributed by atoms with van der Waals surface area (Å²) in [5.74, 6) is -0.0256. The van der Waals surface area contributed by atoms with Gasteiger partial charge < -0.3 is 5.32 Å². The molecule has 0 radical (unpaired) electrons. The highest BCUT2D eigenvalue weighted by molar-refractivity contribution is 14.1. The SMILES string of the molecule is CC[C@@H](NC(=O)c1ccc(C=C2CCN(Cc3ccc4ncccc4c3)CC2)cc1)c1ccc(I)cc1. The zero-order valence-corrected chi connectivity index (χ0v) is 23.3. The second-order valence-electron chi connectivity index (χ2n) is 9.72. The molecule has 1 fully saturated rings. The van der Waals surface area contributed by atoms with Crippen LogP contribution >= 0.6 is 22.6 Å². The number of hydrogen-bond acceptors (Lipinski definition) is 3. The van der Waals surface area contributed by atoms with Crippen LogP contribution in [0.25, 0.3) is 17.0 Å². The van der Waals surface area contributed by atoms with Gasteiger partial charge in [0.25, 0.3) is 5.91 Å². The predicted molar refractivity (Wildman–Crippen MR) is 160 cm³/mol. The van der Waals surface area contributed by atoms with Gasteiger partial charge in [0.2, 0.25) is 0 Å². The molecular formula is C32H32IN3O. The van der Waals surface area contributed by atoms with Gasteiger partial charge in [0.1, 0.15) is 0 Å². The molecule has 1 aliphatic heterocycles. The summed E-state index contributed by atoms with van der Waals surface area (Å²) in [5, 5.41) is 4.39. The Bertz CT molecular complexity index is 1390. The van der Waals surface area contributed by atoms with Gasteiger partial charge in [0.15, 0.2) is 0 Å². The number of halogens is 1. The lowest BCUT2D eigenvalue weighted by Crippen LogP contribution is -2.30. The van der Waals surface area contributed by atoms with Gasteiger partial charge in [-0.3, -0.25) is 14.7 Å². The molecule has 5 rings (SSSR count). The molecule has 2 heterocycles. The van der Waals surface area contributed by atoms with Gasteiger partial charge in [-0.1, -0.05) is 55.0 Å². The fourth-order valence-electron chi connectivity index (χ4n) is 4.95. The second kappa shape index (κ2) is 12.0. The van der Waals surface area contributed by atoms with Crippen LogP contribution in [0.15, 0.2) is 90.6 Å². The van der Waals surface area contributed by atoms with Crippen LogP contribution in [-0.2, 0) is 6.54 Å². The number of aromatic nitrogens is 1. The first-order valence-electron chi connectivity index (χ1n) is 13.0. The summed E-state index contributed by atoms with van der Waals surface area (Å²) in [6.45, 7) is 5.20. The summed E-state index contributed by atoms with van der Waals surface area (Å²) >= 11 is 2.30. The minimum Gasteiger partial charge on any atom is -0.345 e. The smallest absolute Gasteiger partial charge is 0.251 e. The number of nitrogens with one attached hydrogen (secondary N) is 1. The highest BCUT2D eigenvalue weighted by Gasteiger charge is 2.16. The van der Waals surface area contributed by atoms with Crippen LogP contribution in [0.2, 0.25) is 0 Å². The van der Waals surface area contributed by atoms with E-state index in [1.165, 1.54) is 20.1 Å². The first-order valence-corrected chi connectivity index (χ1v) is 14.1. The van der Waals surface area contributed by atoms with Crippen molar-refractivity contribution in [3.63, 3.8) is 0 Å². The number of carbonyl (C=O) groups excluding carboxylic acids is 1. The van der Waals surface area contributed by atoms with E-state index in [2.05, 4.69) is 111 Å². The van der Waals surface area contributed by atoms with Crippen molar-refractivity contribution >= 4 is 45.5 Å². The van der Waals surface area contributed by atoms with E-state index >= 15 is 0 Å². The second-order valence-corrected chi connectivity index (χ2v) is 11.0. The molecule has 5 heteroatoms. The highest BCUT2D eigenvalue weighted by Crippen LogP contribution is 2.23. The average molecular weight is 602 g/mol. The van der Waals surface area contributed by atoms with Crippen LogP contribution in [0.4, 0.5) is 0 Å². The summed E-state index contributed by atoms with van der Waals surface area (Å²) in [7, 11) is 0. The van der Waals surface area contributed by atoms with Gasteiger partial charge in [0.05, 0.1) is 11.6 Å². The van der Waals surface area contributed by atoms with E-state index in [-0.39, 0.29) is 11.9 Å². The minimum atomic E-state index is -0.0256. The monoisotopic (exact) mass is 601 g/mol. The minimum absolute atomic E-state index is 0.0164. The normalized spacial score (nSPS) is 14.9. The largest absolute Gasteiger partial charge is 0.345 e. The van der Waals surface area contributed by atoms with Crippen molar-refractivity contribution in [3.8, 4) is 0 Å². The molecule has 0 unspecified atom stereocenters. The van der Waals surface area contributed by atoms with Crippen LogP contribution in [0.5, 0.6) is 0 Å². The zero-order chi connectivity index (χ0) is 25.6. The third-order valence-corrected chi connectivity index (χ3v) is 7.82. The van der Waals surface area contributed by atoms with Crippen molar-refractivity contribution in [2.24, 2.45) is 0 Å². The molecule has 188 valence electrons. The molecular weight excluding hydrogens is 569 g/mol. The van der Waals surface area contributed by atoms with Crippen LogP contribution in [0.3, 0.4) is 0 Å². The predicted octanol–water partition coefficient (Wildman–Crippen LogP) is 7.40. The molecule has 4 nitrogen and oxygen atoms in total. The molecule has 37 heavy (non-hydrogen) atoms. The quantitative estimate of drug-likeness (QED) is 0.225. The molecule has 1 aromatic heterocycles. The van der Waals surface area contributed by atoms with Crippen molar-refractivity contribution in [3.05, 3.63) is 116 Å². The Morgan fingerprint density at radius 1 is 1.03 bits per heavy atom. The lowest BCUT2D eigenvalue weighted by atomic mass is 9.99. The van der Waals surface area contributed by atoms with Crippen LogP contribution in [0.1, 0.15) is 59.3 Å². The van der Waals surface area contributed by atoms with E-state index in [4.69, 9.17) is 0 Å². The van der Waals surface area contributed by atoms with Gasteiger partial charge in [0, 0.05) is 40.4 Å². The Balaban J connectivity index is 1.15. The fourth-order valence-corrected chi connectivity index (χ4v) is 5.31. The Hall–Kier alpha value is -3.03. The van der Waals surface area contributed by atoms with E-state index in [1.807, 2.05) is 24.4 Å². The summed E-state index contributed by atoms with van der Waals surface area (Å²) in [6.07, 6.45) is 7.14. The molecule has 1 amide bonds. The van der Waals surface area contributed by atoms with Gasteiger partial charge >= 0.3 is 0 Å². The first-order chi connectivity index (χ1) is 18.1. The van der Waals surface area contributed by atoms with E-state index < -0.39 is 0 Å². The Labute approximate surface area is 232 Å². The van der Waals surface area contributed by atoms with Crippen molar-refractivity contribution < 1.29 is 4.79 Å². The number of likely N-dealkylation sites (tertiary alicyclic amines) is 1. The standard InChI is InChI=1S/C32H32IN3O/c1-2-30(26-10-12-29(33)13-11-26)35-32(37)27-8-5-23(6-9-27)20-24-15-18-36(19-16-24)22-25-7-14-31-28(21-25)4-3-17-34-31/h3-14,17,20-21,30H,2,15-16,18-19,22H2,1H3,(H,35,37)/t30-/m1/s1. The lowest BCUT2D eigenvalue weighted by Gasteiger charge is -2.28. The maximum absolute atomic E-state index is 12.9. The molecule has 0 aliphatic carbocycles. The Morgan fingerprint density at radius 2 is 1.78 bits per heavy atom. The van der Waals surface area contributed by atoms with Gasteiger partial charge in [-0.15, -0.1) is 0 Å². The molecule has 0 spiro atoms. The van der Waals surface area contributed by atoms with Gasteiger partial charge in [-0.2, -0.15) is 0 Å². The van der Waals surface area contributed by atoms with Crippen molar-refractivity contribution in [1.82, 2.24) is 15.2 Å². The summed E-state index contributed by atoms with van der Waals surface area (Å²) in [6, 6.07) is 27.1. The number of amides is 1. The molecule has 1 saturated heterocycles. The number of fused-ring (bicyclic) bond motifs is 1. The van der Waals surface area contributed by atoms with Crippen LogP contribution in [-0.4, -0.2) is 28.9 Å². The van der Waals surface area contributed by atoms with E-state index in [1.54, 1.807) is 0 Å². The highest BCUT2D eigenvalue weighted by atomic mass is 127. The third-order valence-electron chi connectivity index (χ3n) is 7.10. The topological polar surface area (TPSA) is 45.2 Å². The summed E-state index contributed by atoms with van der Waals surface area (Å²) in [5.41, 5.74) is 6.87. The number of carbonyl (C=O) groups is 1. The molecule has 1 N–H and O–H groups in total. The van der Waals surface area contributed by atoms with E-state index in [9.17, 15) is 4.79 Å². The summed E-state index contributed by atoms with van der Waals surface area (Å²) in [4.78, 5) is 19.8. The number of benzene rings is 3. The molecule has 4 aromatic rings. The van der Waals surface area contributed by atoms with Gasteiger partial charge in [-0.25, -0.2) is 0 Å². The maximum Gasteiger partial charge on any atom is 0.251 e. The molecule has 0 saturated carbocycles. The summed E-state index contributed by atoms with van der Waals surface area (Å²) < 4.78 is 1.20. The van der Waals surface area contributed by atoms with Crippen molar-refractivity contribution in [2.75, 3.05) is 13.1 Å². The number of piperidine rings is 1. The number of hydrogen-bond donors (Lipinski definition) is 1. The van der Waals surface area contributed by atoms with Crippen LogP contribution in [0, 0.1) is 3.57 Å². The first kappa shape index (κ1) is 25.6. The maximum atomic E-state index is 12.9. The molecule has 3 aromatic carbocycles. The van der Waals surface area contributed by atoms with Gasteiger partial charge in [-0.05, 0) is 101 Å².